The van der Waals surface area contributed by atoms with Crippen molar-refractivity contribution in [1.29, 1.82) is 0 Å². The van der Waals surface area contributed by atoms with Crippen molar-refractivity contribution >= 4 is 34.8 Å². The Bertz CT molecular complexity index is 1440. The van der Waals surface area contributed by atoms with Gasteiger partial charge in [0, 0.05) is 17.9 Å². The molecule has 0 radical (unpaired) electrons. The molecule has 0 aromatic heterocycles. The van der Waals surface area contributed by atoms with E-state index in [1.165, 1.54) is 0 Å². The van der Waals surface area contributed by atoms with E-state index in [0.717, 1.165) is 71.0 Å². The van der Waals surface area contributed by atoms with E-state index >= 15 is 0 Å². The smallest absolute Gasteiger partial charge is 0.0900 e. The van der Waals surface area contributed by atoms with Gasteiger partial charge in [0.25, 0.3) is 0 Å². The highest BCUT2D eigenvalue weighted by molar-refractivity contribution is 5.85. The summed E-state index contributed by atoms with van der Waals surface area (Å²) < 4.78 is 2.29. The van der Waals surface area contributed by atoms with Crippen molar-refractivity contribution in [2.24, 2.45) is 4.99 Å². The molecule has 0 fully saturated rings. The Labute approximate surface area is 218 Å². The van der Waals surface area contributed by atoms with Crippen LogP contribution in [0.15, 0.2) is 102 Å². The van der Waals surface area contributed by atoms with Gasteiger partial charge in [0.2, 0.25) is 0 Å². The Morgan fingerprint density at radius 1 is 0.833 bits per heavy atom. The molecular formula is C30H32ClN5. The quantitative estimate of drug-likeness (QED) is 0.248. The van der Waals surface area contributed by atoms with Gasteiger partial charge in [-0.1, -0.05) is 62.4 Å². The Balaban J connectivity index is 0.00000304. The number of hydrogen-bond acceptors (Lipinski definition) is 4. The molecule has 5 nitrogen and oxygen atoms in total. The summed E-state index contributed by atoms with van der Waals surface area (Å²) in [6.07, 6.45) is 0. The lowest BCUT2D eigenvalue weighted by atomic mass is 10.1. The highest BCUT2D eigenvalue weighted by Crippen LogP contribution is 2.30. The fourth-order valence-electron chi connectivity index (χ4n) is 4.46. The first kappa shape index (κ1) is 25.4. The summed E-state index contributed by atoms with van der Waals surface area (Å²) in [7, 11) is 0. The number of benzene rings is 4. The van der Waals surface area contributed by atoms with Crippen LogP contribution in [0.4, 0.5) is 11.4 Å². The molecule has 3 aromatic rings. The maximum absolute atomic E-state index is 5.06. The monoisotopic (exact) mass is 497 g/mol. The van der Waals surface area contributed by atoms with E-state index in [0.29, 0.717) is 0 Å². The Kier molecular flexibility index (Phi) is 8.36. The van der Waals surface area contributed by atoms with E-state index in [9.17, 15) is 0 Å². The van der Waals surface area contributed by atoms with Gasteiger partial charge in [-0.25, -0.2) is 4.98 Å². The summed E-state index contributed by atoms with van der Waals surface area (Å²) in [6, 6.07) is 33.3. The number of nitrogens with one attached hydrogen (secondary N) is 1. The summed E-state index contributed by atoms with van der Waals surface area (Å²) in [5.74, 6) is 0. The fraction of sp³-hybridized carbons (Fsp3) is 0.200. The lowest BCUT2D eigenvalue weighted by Crippen LogP contribution is -2.26. The largest absolute Gasteiger partial charge is 0.354 e. The third-order valence-corrected chi connectivity index (χ3v) is 6.36. The molecule has 0 saturated heterocycles. The number of likely N-dealkylation sites (N-methyl/N-ethyl adjacent to an activating group) is 1. The van der Waals surface area contributed by atoms with Crippen LogP contribution in [0.5, 0.6) is 0 Å². The van der Waals surface area contributed by atoms with E-state index in [1.807, 2.05) is 30.3 Å². The summed E-state index contributed by atoms with van der Waals surface area (Å²) in [4.78, 5) is 12.5. The van der Waals surface area contributed by atoms with Crippen molar-refractivity contribution in [3.63, 3.8) is 0 Å². The zero-order chi connectivity index (χ0) is 24.0. The molecule has 184 valence electrons. The van der Waals surface area contributed by atoms with Crippen LogP contribution in [0.2, 0.25) is 0 Å². The molecule has 5 rings (SSSR count). The van der Waals surface area contributed by atoms with Crippen LogP contribution < -0.4 is 10.7 Å². The van der Waals surface area contributed by atoms with Crippen LogP contribution >= 0.6 is 12.4 Å². The lowest BCUT2D eigenvalue weighted by molar-refractivity contribution is 0.312. The minimum absolute atomic E-state index is 0. The first-order valence-corrected chi connectivity index (χ1v) is 12.3. The maximum atomic E-state index is 5.06. The second-order valence-electron chi connectivity index (χ2n) is 8.53. The van der Waals surface area contributed by atoms with Gasteiger partial charge in [-0.2, -0.15) is 0 Å². The summed E-state index contributed by atoms with van der Waals surface area (Å²) >= 11 is 0. The maximum Gasteiger partial charge on any atom is 0.0900 e. The number of rotatable bonds is 8. The molecule has 1 N–H and O–H groups in total. The van der Waals surface area contributed by atoms with Crippen LogP contribution in [0.1, 0.15) is 13.8 Å². The van der Waals surface area contributed by atoms with Crippen LogP contribution in [-0.4, -0.2) is 40.6 Å². The number of hydrogen-bond donors (Lipinski definition) is 1. The van der Waals surface area contributed by atoms with Gasteiger partial charge in [0.15, 0.2) is 0 Å². The molecule has 0 amide bonds. The van der Waals surface area contributed by atoms with Crippen molar-refractivity contribution in [3.05, 3.63) is 102 Å². The molecular weight excluding hydrogens is 466 g/mol. The first-order valence-electron chi connectivity index (χ1n) is 12.3. The molecule has 0 unspecified atom stereocenters. The number of fused-ring (bicyclic) bond motifs is 2. The second-order valence-corrected chi connectivity index (χ2v) is 8.53. The average Bonchev–Trinajstić information content (AvgIpc) is 2.91. The van der Waals surface area contributed by atoms with Crippen LogP contribution in [0, 0.1) is 0 Å². The second kappa shape index (κ2) is 11.8. The van der Waals surface area contributed by atoms with Gasteiger partial charge in [-0.3, -0.25) is 4.99 Å². The molecule has 6 heteroatoms. The van der Waals surface area contributed by atoms with Crippen molar-refractivity contribution in [2.45, 2.75) is 13.8 Å². The molecule has 0 bridgehead atoms. The number of aromatic nitrogens is 2. The predicted molar refractivity (Wildman–Crippen MR) is 153 cm³/mol. The molecule has 3 aromatic carbocycles. The molecule has 1 aliphatic heterocycles. The van der Waals surface area contributed by atoms with Crippen molar-refractivity contribution in [3.8, 4) is 17.1 Å². The minimum Gasteiger partial charge on any atom is -0.354 e. The molecule has 36 heavy (non-hydrogen) atoms. The average molecular weight is 498 g/mol. The van der Waals surface area contributed by atoms with Gasteiger partial charge in [-0.05, 0) is 61.6 Å². The summed E-state index contributed by atoms with van der Waals surface area (Å²) in [6.45, 7) is 8.13. The Morgan fingerprint density at radius 2 is 1.50 bits per heavy atom. The molecule has 0 atom stereocenters. The first-order chi connectivity index (χ1) is 17.3. The number of nitrogens with zero attached hydrogens (tertiary/aromatic N) is 4. The van der Waals surface area contributed by atoms with E-state index < -0.39 is 0 Å². The van der Waals surface area contributed by atoms with E-state index in [-0.39, 0.29) is 12.4 Å². The Morgan fingerprint density at radius 3 is 2.22 bits per heavy atom. The predicted octanol–water partition coefficient (Wildman–Crippen LogP) is 6.54. The number of anilines is 2. The van der Waals surface area contributed by atoms with Crippen LogP contribution in [0.3, 0.4) is 0 Å². The standard InChI is InChI=1S/C30H31N5.ClH/c1-3-34(4-2)20-19-31-26-22-30-28(21-27(26)32-23-13-7-5-8-14-23)33-25-17-11-12-18-29(25)35(30)24-15-9-6-10-16-24;/h5-18,21-22,32H,3-4,19-20H2,1-2H3;1H. The number of para-hydroxylation sites is 4. The molecule has 2 aliphatic rings. The van der Waals surface area contributed by atoms with E-state index in [4.69, 9.17) is 9.98 Å². The SMILES string of the molecule is CCN(CC)CCN=c1cc2n(-c3ccccc3)c3ccccc3nc-2cc1Nc1ccccc1.Cl. The van der Waals surface area contributed by atoms with Gasteiger partial charge < -0.3 is 14.8 Å². The minimum atomic E-state index is 0. The van der Waals surface area contributed by atoms with Crippen molar-refractivity contribution in [2.75, 3.05) is 31.5 Å². The number of halogens is 1. The molecule has 0 spiro atoms. The van der Waals surface area contributed by atoms with Crippen molar-refractivity contribution in [1.82, 2.24) is 14.5 Å². The summed E-state index contributed by atoms with van der Waals surface area (Å²) in [5.41, 5.74) is 7.09. The zero-order valence-electron chi connectivity index (χ0n) is 20.8. The van der Waals surface area contributed by atoms with Gasteiger partial charge in [0.1, 0.15) is 0 Å². The molecule has 0 saturated carbocycles. The third-order valence-electron chi connectivity index (χ3n) is 6.36. The summed E-state index contributed by atoms with van der Waals surface area (Å²) in [5, 5.41) is 4.52. The topological polar surface area (TPSA) is 45.5 Å². The van der Waals surface area contributed by atoms with Gasteiger partial charge >= 0.3 is 0 Å². The van der Waals surface area contributed by atoms with Crippen LogP contribution in [0.25, 0.3) is 28.1 Å². The molecule has 1 heterocycles. The van der Waals surface area contributed by atoms with E-state index in [1.54, 1.807) is 0 Å². The third kappa shape index (κ3) is 5.43. The Hall–Kier alpha value is -3.67. The zero-order valence-corrected chi connectivity index (χ0v) is 21.6. The lowest BCUT2D eigenvalue weighted by Gasteiger charge is -2.20. The van der Waals surface area contributed by atoms with Crippen LogP contribution in [-0.2, 0) is 0 Å². The fourth-order valence-corrected chi connectivity index (χ4v) is 4.46. The van der Waals surface area contributed by atoms with E-state index in [2.05, 4.69) is 95.4 Å². The van der Waals surface area contributed by atoms with Crippen molar-refractivity contribution < 1.29 is 0 Å². The molecule has 1 aliphatic carbocycles. The van der Waals surface area contributed by atoms with Gasteiger partial charge in [0.05, 0.1) is 40.0 Å². The highest BCUT2D eigenvalue weighted by atomic mass is 35.5. The normalized spacial score (nSPS) is 11.7. The highest BCUT2D eigenvalue weighted by Gasteiger charge is 2.16. The van der Waals surface area contributed by atoms with Gasteiger partial charge in [-0.15, -0.1) is 12.4 Å².